The molecule has 0 aliphatic rings. The Morgan fingerprint density at radius 2 is 1.82 bits per heavy atom. The SMILES string of the molecule is COc1cc(/C=N\NC(=O)c2cc3cccc(OC)c3o2)cc(Br)c1OCc1ccc(C)cc1. The lowest BCUT2D eigenvalue weighted by Crippen LogP contribution is -2.16. The molecule has 0 fully saturated rings. The molecule has 0 bridgehead atoms. The predicted molar refractivity (Wildman–Crippen MR) is 134 cm³/mol. The van der Waals surface area contributed by atoms with Crippen molar-refractivity contribution in [1.82, 2.24) is 5.43 Å². The fourth-order valence-corrected chi connectivity index (χ4v) is 3.90. The number of ether oxygens (including phenoxy) is 3. The molecular weight excluding hydrogens is 500 g/mol. The van der Waals surface area contributed by atoms with Gasteiger partial charge >= 0.3 is 5.91 Å². The molecule has 0 atom stereocenters. The van der Waals surface area contributed by atoms with Crippen LogP contribution in [0.1, 0.15) is 27.2 Å². The molecule has 0 saturated heterocycles. The maximum atomic E-state index is 12.5. The number of carbonyl (C=O) groups excluding carboxylic acids is 1. The minimum Gasteiger partial charge on any atom is -0.493 e. The van der Waals surface area contributed by atoms with Crippen LogP contribution in [0.4, 0.5) is 0 Å². The molecule has 0 aliphatic heterocycles. The third-order valence-electron chi connectivity index (χ3n) is 5.09. The average molecular weight is 523 g/mol. The Morgan fingerprint density at radius 1 is 1.06 bits per heavy atom. The van der Waals surface area contributed by atoms with Gasteiger partial charge < -0.3 is 18.6 Å². The van der Waals surface area contributed by atoms with Crippen molar-refractivity contribution in [3.05, 3.63) is 87.6 Å². The van der Waals surface area contributed by atoms with E-state index in [1.54, 1.807) is 32.4 Å². The number of nitrogens with one attached hydrogen (secondary N) is 1. The summed E-state index contributed by atoms with van der Waals surface area (Å²) in [5.74, 6) is 1.34. The molecule has 8 heteroatoms. The summed E-state index contributed by atoms with van der Waals surface area (Å²) >= 11 is 3.53. The number of methoxy groups -OCH3 is 2. The van der Waals surface area contributed by atoms with Crippen molar-refractivity contribution < 1.29 is 23.4 Å². The second kappa shape index (κ2) is 10.4. The van der Waals surface area contributed by atoms with Gasteiger partial charge in [-0.1, -0.05) is 42.0 Å². The predicted octanol–water partition coefficient (Wildman–Crippen LogP) is 5.86. The van der Waals surface area contributed by atoms with Crippen LogP contribution < -0.4 is 19.6 Å². The topological polar surface area (TPSA) is 82.3 Å². The number of fused-ring (bicyclic) bond motifs is 1. The number of rotatable bonds is 8. The first-order valence-electron chi connectivity index (χ1n) is 10.4. The summed E-state index contributed by atoms with van der Waals surface area (Å²) < 4.78 is 23.1. The van der Waals surface area contributed by atoms with Crippen LogP contribution in [0.25, 0.3) is 11.0 Å². The van der Waals surface area contributed by atoms with Gasteiger partial charge in [-0.25, -0.2) is 5.43 Å². The minimum absolute atomic E-state index is 0.135. The molecule has 3 aromatic carbocycles. The Hall–Kier alpha value is -3.78. The maximum absolute atomic E-state index is 12.5. The summed E-state index contributed by atoms with van der Waals surface area (Å²) in [6.07, 6.45) is 1.51. The fourth-order valence-electron chi connectivity index (χ4n) is 3.32. The Balaban J connectivity index is 1.45. The van der Waals surface area contributed by atoms with E-state index in [0.717, 1.165) is 10.9 Å². The standard InChI is InChI=1S/C26H23BrN2O5/c1-16-7-9-17(10-8-16)15-33-25-20(27)11-18(12-22(25)32-3)14-28-29-26(30)23-13-19-5-4-6-21(31-2)24(19)34-23/h4-14H,15H2,1-3H3,(H,29,30)/b28-14-. The lowest BCUT2D eigenvalue weighted by Gasteiger charge is -2.13. The second-order valence-electron chi connectivity index (χ2n) is 7.50. The van der Waals surface area contributed by atoms with Crippen LogP contribution in [0.3, 0.4) is 0 Å². The summed E-state index contributed by atoms with van der Waals surface area (Å²) in [5, 5.41) is 4.81. The summed E-state index contributed by atoms with van der Waals surface area (Å²) in [6, 6.07) is 18.8. The van der Waals surface area contributed by atoms with Gasteiger partial charge in [-0.05, 0) is 58.2 Å². The van der Waals surface area contributed by atoms with E-state index in [9.17, 15) is 4.79 Å². The molecule has 4 aromatic rings. The number of amides is 1. The first kappa shape index (κ1) is 23.4. The number of halogens is 1. The van der Waals surface area contributed by atoms with Gasteiger partial charge in [0.15, 0.2) is 28.6 Å². The van der Waals surface area contributed by atoms with E-state index in [1.807, 2.05) is 49.4 Å². The average Bonchev–Trinajstić information content (AvgIpc) is 3.29. The Bertz CT molecular complexity index is 1350. The highest BCUT2D eigenvalue weighted by atomic mass is 79.9. The third kappa shape index (κ3) is 5.23. The van der Waals surface area contributed by atoms with Crippen LogP contribution in [0.2, 0.25) is 0 Å². The van der Waals surface area contributed by atoms with Crippen LogP contribution in [0.15, 0.2) is 74.7 Å². The van der Waals surface area contributed by atoms with E-state index in [0.29, 0.717) is 39.5 Å². The summed E-state index contributed by atoms with van der Waals surface area (Å²) in [6.45, 7) is 2.45. The zero-order valence-corrected chi connectivity index (χ0v) is 20.5. The fraction of sp³-hybridized carbons (Fsp3) is 0.154. The summed E-state index contributed by atoms with van der Waals surface area (Å²) in [4.78, 5) is 12.5. The largest absolute Gasteiger partial charge is 0.493 e. The number of nitrogens with zero attached hydrogens (tertiary/aromatic N) is 1. The second-order valence-corrected chi connectivity index (χ2v) is 8.35. The molecule has 0 spiro atoms. The van der Waals surface area contributed by atoms with E-state index >= 15 is 0 Å². The highest BCUT2D eigenvalue weighted by molar-refractivity contribution is 9.10. The quantitative estimate of drug-likeness (QED) is 0.231. The molecule has 174 valence electrons. The van der Waals surface area contributed by atoms with Crippen molar-refractivity contribution in [2.45, 2.75) is 13.5 Å². The number of aryl methyl sites for hydroxylation is 1. The molecular formula is C26H23BrN2O5. The van der Waals surface area contributed by atoms with Gasteiger partial charge in [0.2, 0.25) is 0 Å². The van der Waals surface area contributed by atoms with Crippen molar-refractivity contribution in [3.8, 4) is 17.2 Å². The molecule has 0 aliphatic carbocycles. The molecule has 1 amide bonds. The number of hydrazone groups is 1. The minimum atomic E-state index is -0.474. The van der Waals surface area contributed by atoms with Crippen LogP contribution in [0, 0.1) is 6.92 Å². The lowest BCUT2D eigenvalue weighted by atomic mass is 10.2. The van der Waals surface area contributed by atoms with Crippen molar-refractivity contribution in [2.24, 2.45) is 5.10 Å². The van der Waals surface area contributed by atoms with E-state index in [-0.39, 0.29) is 5.76 Å². The smallest absolute Gasteiger partial charge is 0.307 e. The van der Waals surface area contributed by atoms with Crippen molar-refractivity contribution in [1.29, 1.82) is 0 Å². The van der Waals surface area contributed by atoms with Crippen molar-refractivity contribution >= 4 is 39.0 Å². The Kier molecular flexibility index (Phi) is 7.18. The molecule has 7 nitrogen and oxygen atoms in total. The first-order chi connectivity index (χ1) is 16.5. The Labute approximate surface area is 205 Å². The third-order valence-corrected chi connectivity index (χ3v) is 5.68. The highest BCUT2D eigenvalue weighted by Crippen LogP contribution is 2.37. The van der Waals surface area contributed by atoms with E-state index in [2.05, 4.69) is 26.5 Å². The number of para-hydroxylation sites is 1. The molecule has 0 unspecified atom stereocenters. The number of hydrogen-bond donors (Lipinski definition) is 1. The van der Waals surface area contributed by atoms with Crippen molar-refractivity contribution in [3.63, 3.8) is 0 Å². The van der Waals surface area contributed by atoms with Gasteiger partial charge in [-0.2, -0.15) is 5.10 Å². The van der Waals surface area contributed by atoms with E-state index < -0.39 is 5.91 Å². The first-order valence-corrected chi connectivity index (χ1v) is 11.2. The normalized spacial score (nSPS) is 11.1. The van der Waals surface area contributed by atoms with Gasteiger partial charge in [0.1, 0.15) is 6.61 Å². The lowest BCUT2D eigenvalue weighted by molar-refractivity contribution is 0.0929. The number of furan rings is 1. The number of carbonyl (C=O) groups is 1. The van der Waals surface area contributed by atoms with Crippen LogP contribution in [0.5, 0.6) is 17.2 Å². The molecule has 4 rings (SSSR count). The van der Waals surface area contributed by atoms with Crippen LogP contribution in [-0.4, -0.2) is 26.3 Å². The van der Waals surface area contributed by atoms with E-state index in [1.165, 1.54) is 11.8 Å². The summed E-state index contributed by atoms with van der Waals surface area (Å²) in [7, 11) is 3.12. The number of benzene rings is 3. The highest BCUT2D eigenvalue weighted by Gasteiger charge is 2.15. The molecule has 1 aromatic heterocycles. The molecule has 0 saturated carbocycles. The summed E-state index contributed by atoms with van der Waals surface area (Å²) in [5.41, 5.74) is 5.94. The van der Waals surface area contributed by atoms with Crippen LogP contribution in [-0.2, 0) is 6.61 Å². The number of hydrogen-bond acceptors (Lipinski definition) is 6. The Morgan fingerprint density at radius 3 is 2.56 bits per heavy atom. The van der Waals surface area contributed by atoms with Crippen LogP contribution >= 0.6 is 15.9 Å². The molecule has 1 N–H and O–H groups in total. The van der Waals surface area contributed by atoms with Gasteiger partial charge in [-0.15, -0.1) is 0 Å². The van der Waals surface area contributed by atoms with Gasteiger partial charge in [0.05, 0.1) is 24.9 Å². The molecule has 34 heavy (non-hydrogen) atoms. The van der Waals surface area contributed by atoms with Gasteiger partial charge in [0, 0.05) is 5.39 Å². The molecule has 0 radical (unpaired) electrons. The van der Waals surface area contributed by atoms with Crippen molar-refractivity contribution in [2.75, 3.05) is 14.2 Å². The maximum Gasteiger partial charge on any atom is 0.307 e. The van der Waals surface area contributed by atoms with Gasteiger partial charge in [0.25, 0.3) is 0 Å². The zero-order chi connectivity index (χ0) is 24.1. The molecule has 1 heterocycles. The zero-order valence-electron chi connectivity index (χ0n) is 18.9. The van der Waals surface area contributed by atoms with Gasteiger partial charge in [-0.3, -0.25) is 4.79 Å². The van der Waals surface area contributed by atoms with E-state index in [4.69, 9.17) is 18.6 Å². The monoisotopic (exact) mass is 522 g/mol.